The number of likely N-dealkylation sites (tertiary alicyclic amines) is 1. The Labute approximate surface area is 161 Å². The number of nitrogens with one attached hydrogen (secondary N) is 1. The van der Waals surface area contributed by atoms with E-state index in [1.807, 2.05) is 0 Å². The molecule has 8 heteroatoms. The molecule has 1 saturated heterocycles. The van der Waals surface area contributed by atoms with Gasteiger partial charge in [0.1, 0.15) is 0 Å². The summed E-state index contributed by atoms with van der Waals surface area (Å²) in [6.07, 6.45) is 4.16. The molecular weight excluding hydrogens is 379 g/mol. The van der Waals surface area contributed by atoms with Gasteiger partial charge in [-0.3, -0.25) is 14.4 Å². The molecule has 0 atom stereocenters. The van der Waals surface area contributed by atoms with Crippen molar-refractivity contribution in [1.82, 2.24) is 10.2 Å². The average molecular weight is 399 g/mol. The molecule has 0 unspecified atom stereocenters. The van der Waals surface area contributed by atoms with Crippen LogP contribution < -0.4 is 5.32 Å². The molecule has 6 nitrogen and oxygen atoms in total. The van der Waals surface area contributed by atoms with E-state index < -0.39 is 5.97 Å². The SMILES string of the molecule is O=C(O)CCC(=O)NC1CCN(C(=O)/C=C/c2cccc(Cl)c2Cl)CC1. The van der Waals surface area contributed by atoms with E-state index in [4.69, 9.17) is 28.3 Å². The number of amides is 2. The molecule has 140 valence electrons. The number of carbonyl (C=O) groups is 3. The van der Waals surface area contributed by atoms with E-state index in [0.29, 0.717) is 41.5 Å². The molecule has 1 fully saturated rings. The van der Waals surface area contributed by atoms with E-state index in [1.54, 1.807) is 29.2 Å². The second-order valence-corrected chi connectivity index (χ2v) is 6.82. The Kier molecular flexibility index (Phi) is 7.48. The zero-order valence-electron chi connectivity index (χ0n) is 14.1. The van der Waals surface area contributed by atoms with Crippen LogP contribution in [0.15, 0.2) is 24.3 Å². The zero-order valence-corrected chi connectivity index (χ0v) is 15.6. The summed E-state index contributed by atoms with van der Waals surface area (Å²) in [6.45, 7) is 1.05. The minimum absolute atomic E-state index is 0.0301. The van der Waals surface area contributed by atoms with Gasteiger partial charge in [-0.25, -0.2) is 0 Å². The summed E-state index contributed by atoms with van der Waals surface area (Å²) in [5, 5.41) is 12.2. The molecule has 0 radical (unpaired) electrons. The Morgan fingerprint density at radius 1 is 1.19 bits per heavy atom. The summed E-state index contributed by atoms with van der Waals surface area (Å²) in [6, 6.07) is 5.18. The van der Waals surface area contributed by atoms with Crippen LogP contribution in [0.2, 0.25) is 10.0 Å². The highest BCUT2D eigenvalue weighted by Crippen LogP contribution is 2.26. The van der Waals surface area contributed by atoms with Gasteiger partial charge in [0.15, 0.2) is 0 Å². The van der Waals surface area contributed by atoms with Crippen molar-refractivity contribution in [3.8, 4) is 0 Å². The second kappa shape index (κ2) is 9.59. The van der Waals surface area contributed by atoms with Crippen LogP contribution in [-0.4, -0.2) is 46.9 Å². The molecule has 2 N–H and O–H groups in total. The van der Waals surface area contributed by atoms with Crippen LogP contribution in [0.4, 0.5) is 0 Å². The monoisotopic (exact) mass is 398 g/mol. The zero-order chi connectivity index (χ0) is 19.1. The van der Waals surface area contributed by atoms with Gasteiger partial charge in [-0.15, -0.1) is 0 Å². The van der Waals surface area contributed by atoms with Gasteiger partial charge in [0, 0.05) is 31.6 Å². The molecule has 0 bridgehead atoms. The van der Waals surface area contributed by atoms with Crippen LogP contribution in [0.25, 0.3) is 6.08 Å². The lowest BCUT2D eigenvalue weighted by atomic mass is 10.0. The van der Waals surface area contributed by atoms with Gasteiger partial charge in [-0.2, -0.15) is 0 Å². The van der Waals surface area contributed by atoms with Crippen molar-refractivity contribution >= 4 is 47.1 Å². The lowest BCUT2D eigenvalue weighted by Crippen LogP contribution is -2.46. The van der Waals surface area contributed by atoms with E-state index >= 15 is 0 Å². The topological polar surface area (TPSA) is 86.7 Å². The van der Waals surface area contributed by atoms with Gasteiger partial charge < -0.3 is 15.3 Å². The Morgan fingerprint density at radius 2 is 1.88 bits per heavy atom. The maximum Gasteiger partial charge on any atom is 0.303 e. The molecule has 2 rings (SSSR count). The van der Waals surface area contributed by atoms with Gasteiger partial charge in [0.2, 0.25) is 11.8 Å². The molecule has 0 spiro atoms. The Bertz CT molecular complexity index is 713. The number of nitrogens with zero attached hydrogens (tertiary/aromatic N) is 1. The van der Waals surface area contributed by atoms with Crippen LogP contribution in [0.3, 0.4) is 0 Å². The first-order valence-corrected chi connectivity index (χ1v) is 9.04. The highest BCUT2D eigenvalue weighted by atomic mass is 35.5. The minimum atomic E-state index is -0.993. The quantitative estimate of drug-likeness (QED) is 0.721. The van der Waals surface area contributed by atoms with Crippen molar-refractivity contribution in [3.05, 3.63) is 39.9 Å². The smallest absolute Gasteiger partial charge is 0.303 e. The van der Waals surface area contributed by atoms with Crippen LogP contribution >= 0.6 is 23.2 Å². The maximum atomic E-state index is 12.3. The molecule has 0 aromatic heterocycles. The van der Waals surface area contributed by atoms with Crippen molar-refractivity contribution in [1.29, 1.82) is 0 Å². The number of halogens is 2. The fraction of sp³-hybridized carbons (Fsp3) is 0.389. The normalized spacial score (nSPS) is 15.2. The van der Waals surface area contributed by atoms with E-state index in [-0.39, 0.29) is 30.7 Å². The number of carbonyl (C=O) groups excluding carboxylic acids is 2. The fourth-order valence-corrected chi connectivity index (χ4v) is 3.05. The number of aliphatic carboxylic acids is 1. The summed E-state index contributed by atoms with van der Waals surface area (Å²) >= 11 is 12.0. The van der Waals surface area contributed by atoms with E-state index in [2.05, 4.69) is 5.32 Å². The van der Waals surface area contributed by atoms with Gasteiger partial charge >= 0.3 is 5.97 Å². The first kappa shape index (κ1) is 20.3. The Hall–Kier alpha value is -2.05. The molecule has 1 aromatic rings. The largest absolute Gasteiger partial charge is 0.481 e. The Morgan fingerprint density at radius 3 is 2.54 bits per heavy atom. The molecule has 0 aliphatic carbocycles. The fourth-order valence-electron chi connectivity index (χ4n) is 2.68. The Balaban J connectivity index is 1.81. The average Bonchev–Trinajstić information content (AvgIpc) is 2.61. The summed E-state index contributed by atoms with van der Waals surface area (Å²) in [5.41, 5.74) is 0.674. The highest BCUT2D eigenvalue weighted by Gasteiger charge is 2.22. The highest BCUT2D eigenvalue weighted by molar-refractivity contribution is 6.42. The van der Waals surface area contributed by atoms with Crippen molar-refractivity contribution in [3.63, 3.8) is 0 Å². The number of piperidine rings is 1. The summed E-state index contributed by atoms with van der Waals surface area (Å²) in [5.74, 6) is -1.39. The van der Waals surface area contributed by atoms with Crippen molar-refractivity contribution in [2.75, 3.05) is 13.1 Å². The minimum Gasteiger partial charge on any atom is -0.481 e. The summed E-state index contributed by atoms with van der Waals surface area (Å²) in [7, 11) is 0. The van der Waals surface area contributed by atoms with Crippen molar-refractivity contribution < 1.29 is 19.5 Å². The van der Waals surface area contributed by atoms with E-state index in [0.717, 1.165) is 0 Å². The van der Waals surface area contributed by atoms with Crippen LogP contribution in [-0.2, 0) is 14.4 Å². The number of rotatable bonds is 6. The van der Waals surface area contributed by atoms with Gasteiger partial charge in [0.05, 0.1) is 16.5 Å². The summed E-state index contributed by atoms with van der Waals surface area (Å²) in [4.78, 5) is 36.1. The van der Waals surface area contributed by atoms with Crippen molar-refractivity contribution in [2.24, 2.45) is 0 Å². The second-order valence-electron chi connectivity index (χ2n) is 6.04. The molecule has 0 saturated carbocycles. The van der Waals surface area contributed by atoms with Crippen molar-refractivity contribution in [2.45, 2.75) is 31.7 Å². The van der Waals surface area contributed by atoms with E-state index in [1.165, 1.54) is 6.08 Å². The maximum absolute atomic E-state index is 12.3. The molecule has 26 heavy (non-hydrogen) atoms. The van der Waals surface area contributed by atoms with Gasteiger partial charge in [-0.1, -0.05) is 35.3 Å². The number of hydrogen-bond acceptors (Lipinski definition) is 3. The third kappa shape index (κ3) is 6.04. The predicted octanol–water partition coefficient (Wildman–Crippen LogP) is 2.98. The lowest BCUT2D eigenvalue weighted by Gasteiger charge is -2.31. The number of carboxylic acid groups (broad SMARTS) is 1. The molecule has 1 heterocycles. The van der Waals surface area contributed by atoms with Crippen LogP contribution in [0, 0.1) is 0 Å². The standard InChI is InChI=1S/C18H20Cl2N2O4/c19-14-3-1-2-12(18(14)20)4-6-16(24)22-10-8-13(9-11-22)21-15(23)5-7-17(25)26/h1-4,6,13H,5,7-11H2,(H,21,23)(H,25,26)/b6-4+. The van der Waals surface area contributed by atoms with Gasteiger partial charge in [-0.05, 0) is 30.5 Å². The summed E-state index contributed by atoms with van der Waals surface area (Å²) < 4.78 is 0. The number of carboxylic acids is 1. The molecular formula is C18H20Cl2N2O4. The molecule has 1 aliphatic heterocycles. The number of hydrogen-bond donors (Lipinski definition) is 2. The van der Waals surface area contributed by atoms with Crippen LogP contribution in [0.1, 0.15) is 31.2 Å². The first-order valence-electron chi connectivity index (χ1n) is 8.29. The van der Waals surface area contributed by atoms with E-state index in [9.17, 15) is 14.4 Å². The van der Waals surface area contributed by atoms with Gasteiger partial charge in [0.25, 0.3) is 0 Å². The first-order chi connectivity index (χ1) is 12.4. The third-order valence-corrected chi connectivity index (χ3v) is 4.96. The lowest BCUT2D eigenvalue weighted by molar-refractivity contribution is -0.139. The van der Waals surface area contributed by atoms with Crippen LogP contribution in [0.5, 0.6) is 0 Å². The number of benzene rings is 1. The molecule has 1 aromatic carbocycles. The predicted molar refractivity (Wildman–Crippen MR) is 100 cm³/mol. The molecule has 2 amide bonds. The molecule has 1 aliphatic rings. The third-order valence-electron chi connectivity index (χ3n) is 4.12.